The Morgan fingerprint density at radius 3 is 2.77 bits per heavy atom. The fourth-order valence-corrected chi connectivity index (χ4v) is 4.58. The van der Waals surface area contributed by atoms with Crippen LogP contribution in [0, 0.1) is 0 Å². The molecule has 162 valence electrons. The van der Waals surface area contributed by atoms with Crippen LogP contribution in [-0.4, -0.2) is 58.9 Å². The maximum absolute atomic E-state index is 13.0. The van der Waals surface area contributed by atoms with Crippen molar-refractivity contribution in [1.29, 1.82) is 0 Å². The number of aromatic hydroxyl groups is 1. The van der Waals surface area contributed by atoms with Gasteiger partial charge in [0.2, 0.25) is 5.91 Å². The topological polar surface area (TPSA) is 72.9 Å². The molecule has 0 bridgehead atoms. The first-order valence-corrected chi connectivity index (χ1v) is 11.6. The van der Waals surface area contributed by atoms with Crippen LogP contribution in [0.3, 0.4) is 0 Å². The summed E-state index contributed by atoms with van der Waals surface area (Å²) in [5, 5.41) is 16.1. The summed E-state index contributed by atoms with van der Waals surface area (Å²) in [5.74, 6) is 0.246. The van der Waals surface area contributed by atoms with Crippen molar-refractivity contribution < 1.29 is 14.7 Å². The molecule has 0 unspecified atom stereocenters. The molecule has 1 aliphatic heterocycles. The van der Waals surface area contributed by atoms with Gasteiger partial charge in [-0.15, -0.1) is 0 Å². The van der Waals surface area contributed by atoms with E-state index in [0.717, 1.165) is 31.6 Å². The van der Waals surface area contributed by atoms with Crippen LogP contribution in [0.25, 0.3) is 0 Å². The Labute approximate surface area is 182 Å². The molecule has 1 aromatic heterocycles. The maximum atomic E-state index is 13.0. The SMILES string of the molecule is CCN1CCC[C@H]1CN(Cc1ccc(O)cc1)C(=O)CCCNC(=O)c1ccsc1. The predicted octanol–water partition coefficient (Wildman–Crippen LogP) is 3.48. The third-order valence-corrected chi connectivity index (χ3v) is 6.32. The molecule has 0 spiro atoms. The molecule has 2 N–H and O–H groups in total. The lowest BCUT2D eigenvalue weighted by Gasteiger charge is -2.30. The fourth-order valence-electron chi connectivity index (χ4n) is 3.94. The molecule has 1 aromatic carbocycles. The van der Waals surface area contributed by atoms with Gasteiger partial charge < -0.3 is 15.3 Å². The molecule has 2 aromatic rings. The Morgan fingerprint density at radius 2 is 2.07 bits per heavy atom. The minimum atomic E-state index is -0.0887. The van der Waals surface area contributed by atoms with Crippen LogP contribution < -0.4 is 5.32 Å². The smallest absolute Gasteiger partial charge is 0.252 e. The van der Waals surface area contributed by atoms with Crippen LogP contribution in [0.15, 0.2) is 41.1 Å². The molecule has 6 nitrogen and oxygen atoms in total. The highest BCUT2D eigenvalue weighted by Gasteiger charge is 2.27. The number of benzene rings is 1. The van der Waals surface area contributed by atoms with Crippen LogP contribution in [0.1, 0.15) is 48.5 Å². The van der Waals surface area contributed by atoms with Gasteiger partial charge in [0.15, 0.2) is 0 Å². The molecule has 1 fully saturated rings. The maximum Gasteiger partial charge on any atom is 0.252 e. The Morgan fingerprint density at radius 1 is 1.27 bits per heavy atom. The Kier molecular flexibility index (Phi) is 8.28. The van der Waals surface area contributed by atoms with E-state index in [-0.39, 0.29) is 17.6 Å². The number of hydrogen-bond acceptors (Lipinski definition) is 5. The van der Waals surface area contributed by atoms with Gasteiger partial charge in [-0.25, -0.2) is 0 Å². The fraction of sp³-hybridized carbons (Fsp3) is 0.478. The van der Waals surface area contributed by atoms with E-state index in [2.05, 4.69) is 17.1 Å². The third kappa shape index (κ3) is 6.31. The number of phenolic OH excluding ortho intramolecular Hbond substituents is 1. The summed E-state index contributed by atoms with van der Waals surface area (Å²) in [4.78, 5) is 29.4. The molecule has 0 aliphatic carbocycles. The van der Waals surface area contributed by atoms with Crippen LogP contribution in [-0.2, 0) is 11.3 Å². The molecule has 0 saturated carbocycles. The first-order chi connectivity index (χ1) is 14.6. The van der Waals surface area contributed by atoms with Gasteiger partial charge in [-0.3, -0.25) is 14.5 Å². The average molecular weight is 430 g/mol. The second-order valence-electron chi connectivity index (χ2n) is 7.74. The van der Waals surface area contributed by atoms with Gasteiger partial charge >= 0.3 is 0 Å². The molecular formula is C23H31N3O3S. The lowest BCUT2D eigenvalue weighted by atomic mass is 10.1. The zero-order chi connectivity index (χ0) is 21.3. The van der Waals surface area contributed by atoms with Gasteiger partial charge in [-0.05, 0) is 61.5 Å². The van der Waals surface area contributed by atoms with E-state index < -0.39 is 0 Å². The molecule has 1 saturated heterocycles. The molecule has 2 heterocycles. The zero-order valence-electron chi connectivity index (χ0n) is 17.5. The summed E-state index contributed by atoms with van der Waals surface area (Å²) in [6, 6.07) is 9.24. The molecule has 1 aliphatic rings. The zero-order valence-corrected chi connectivity index (χ0v) is 18.4. The summed E-state index contributed by atoms with van der Waals surface area (Å²) in [6.07, 6.45) is 3.31. The van der Waals surface area contributed by atoms with E-state index in [1.165, 1.54) is 17.8 Å². The van der Waals surface area contributed by atoms with E-state index in [1.807, 2.05) is 27.8 Å². The number of hydrogen-bond donors (Lipinski definition) is 2. The quantitative estimate of drug-likeness (QED) is 0.567. The monoisotopic (exact) mass is 429 g/mol. The summed E-state index contributed by atoms with van der Waals surface area (Å²) < 4.78 is 0. The van der Waals surface area contributed by atoms with Crippen LogP contribution >= 0.6 is 11.3 Å². The lowest BCUT2D eigenvalue weighted by Crippen LogP contribution is -2.42. The number of rotatable bonds is 10. The minimum absolute atomic E-state index is 0.0887. The van der Waals surface area contributed by atoms with E-state index in [9.17, 15) is 14.7 Å². The van der Waals surface area contributed by atoms with Gasteiger partial charge in [0.25, 0.3) is 5.91 Å². The number of likely N-dealkylation sites (N-methyl/N-ethyl adjacent to an activating group) is 1. The molecular weight excluding hydrogens is 398 g/mol. The Bertz CT molecular complexity index is 808. The first kappa shape index (κ1) is 22.3. The summed E-state index contributed by atoms with van der Waals surface area (Å²) in [6.45, 7) is 6.00. The molecule has 7 heteroatoms. The minimum Gasteiger partial charge on any atom is -0.508 e. The lowest BCUT2D eigenvalue weighted by molar-refractivity contribution is -0.132. The number of likely N-dealkylation sites (tertiary alicyclic amines) is 1. The standard InChI is InChI=1S/C23H31N3O3S/c1-2-25-13-4-5-20(25)16-26(15-18-7-9-21(27)10-8-18)22(28)6-3-12-24-23(29)19-11-14-30-17-19/h7-11,14,17,20,27H,2-6,12-13,15-16H2,1H3,(H,24,29)/t20-/m0/s1. The number of thiophene rings is 1. The van der Waals surface area contributed by atoms with E-state index >= 15 is 0 Å². The number of nitrogens with zero attached hydrogens (tertiary/aromatic N) is 2. The number of phenols is 1. The van der Waals surface area contributed by atoms with E-state index in [4.69, 9.17) is 0 Å². The highest BCUT2D eigenvalue weighted by Crippen LogP contribution is 2.20. The second-order valence-corrected chi connectivity index (χ2v) is 8.52. The molecule has 3 rings (SSSR count). The van der Waals surface area contributed by atoms with Crippen molar-refractivity contribution in [3.05, 3.63) is 52.2 Å². The summed E-state index contributed by atoms with van der Waals surface area (Å²) >= 11 is 1.49. The average Bonchev–Trinajstić information content (AvgIpc) is 3.44. The largest absolute Gasteiger partial charge is 0.508 e. The summed E-state index contributed by atoms with van der Waals surface area (Å²) in [7, 11) is 0. The number of nitrogens with one attached hydrogen (secondary N) is 1. The third-order valence-electron chi connectivity index (χ3n) is 5.64. The van der Waals surface area contributed by atoms with E-state index in [0.29, 0.717) is 37.5 Å². The van der Waals surface area contributed by atoms with Crippen molar-refractivity contribution in [1.82, 2.24) is 15.1 Å². The normalized spacial score (nSPS) is 16.5. The first-order valence-electron chi connectivity index (χ1n) is 10.7. The molecule has 30 heavy (non-hydrogen) atoms. The Hall–Kier alpha value is -2.38. The second kappa shape index (κ2) is 11.1. The Balaban J connectivity index is 1.54. The number of carbonyl (C=O) groups excluding carboxylic acids is 2. The van der Waals surface area contributed by atoms with Crippen molar-refractivity contribution in [2.75, 3.05) is 26.2 Å². The van der Waals surface area contributed by atoms with Crippen molar-refractivity contribution >= 4 is 23.2 Å². The van der Waals surface area contributed by atoms with Gasteiger partial charge in [0, 0.05) is 43.0 Å². The van der Waals surface area contributed by atoms with Gasteiger partial charge in [-0.1, -0.05) is 19.1 Å². The predicted molar refractivity (Wildman–Crippen MR) is 120 cm³/mol. The number of amides is 2. The van der Waals surface area contributed by atoms with Gasteiger partial charge in [0.05, 0.1) is 0 Å². The van der Waals surface area contributed by atoms with Gasteiger partial charge in [-0.2, -0.15) is 11.3 Å². The van der Waals surface area contributed by atoms with Crippen molar-refractivity contribution in [3.8, 4) is 5.75 Å². The van der Waals surface area contributed by atoms with Crippen LogP contribution in [0.2, 0.25) is 0 Å². The molecule has 1 atom stereocenters. The number of carbonyl (C=O) groups is 2. The van der Waals surface area contributed by atoms with Gasteiger partial charge in [0.1, 0.15) is 5.75 Å². The highest BCUT2D eigenvalue weighted by atomic mass is 32.1. The summed E-state index contributed by atoms with van der Waals surface area (Å²) in [5.41, 5.74) is 1.68. The van der Waals surface area contributed by atoms with E-state index in [1.54, 1.807) is 18.2 Å². The molecule has 2 amide bonds. The molecule has 0 radical (unpaired) electrons. The van der Waals surface area contributed by atoms with Crippen molar-refractivity contribution in [2.24, 2.45) is 0 Å². The van der Waals surface area contributed by atoms with Crippen LogP contribution in [0.4, 0.5) is 0 Å². The van der Waals surface area contributed by atoms with Crippen molar-refractivity contribution in [2.45, 2.75) is 45.2 Å². The van der Waals surface area contributed by atoms with Crippen molar-refractivity contribution in [3.63, 3.8) is 0 Å². The van der Waals surface area contributed by atoms with Crippen LogP contribution in [0.5, 0.6) is 5.75 Å². The highest BCUT2D eigenvalue weighted by molar-refractivity contribution is 7.08.